The number of aromatic nitrogens is 4. The number of nitrogens with zero attached hydrogens (tertiary/aromatic N) is 4. The summed E-state index contributed by atoms with van der Waals surface area (Å²) in [6.45, 7) is -1.01. The molecule has 158 valence electrons. The standard InChI is InChI=1S/C21H14ClF3N4O2/c22-14-5-3-12(4-6-14)19-28-18-15(20(31)29(19)11-16(30)21(23,24)25)7-9-27-17(18)13-2-1-8-26-10-13/h1-10,16,30H,11H2. The molecule has 1 atom stereocenters. The third kappa shape index (κ3) is 4.14. The number of hydrogen-bond acceptors (Lipinski definition) is 5. The number of rotatable bonds is 4. The van der Waals surface area contributed by atoms with Gasteiger partial charge in [0.1, 0.15) is 11.3 Å². The van der Waals surface area contributed by atoms with Gasteiger partial charge in [-0.15, -0.1) is 0 Å². The Balaban J connectivity index is 2.01. The van der Waals surface area contributed by atoms with Gasteiger partial charge in [0.25, 0.3) is 5.56 Å². The third-order valence-corrected chi connectivity index (χ3v) is 4.90. The molecule has 3 aromatic heterocycles. The number of pyridine rings is 2. The van der Waals surface area contributed by atoms with Crippen LogP contribution >= 0.6 is 11.6 Å². The summed E-state index contributed by atoms with van der Waals surface area (Å²) in [6, 6.07) is 10.9. The Bertz CT molecular complexity index is 1290. The van der Waals surface area contributed by atoms with Crippen LogP contribution in [0, 0.1) is 0 Å². The molecule has 10 heteroatoms. The van der Waals surface area contributed by atoms with E-state index in [0.29, 0.717) is 21.8 Å². The van der Waals surface area contributed by atoms with Gasteiger partial charge in [-0.05, 0) is 42.5 Å². The third-order valence-electron chi connectivity index (χ3n) is 4.64. The van der Waals surface area contributed by atoms with E-state index in [1.807, 2.05) is 0 Å². The lowest BCUT2D eigenvalue weighted by molar-refractivity contribution is -0.207. The molecule has 0 amide bonds. The normalized spacial score (nSPS) is 12.8. The highest BCUT2D eigenvalue weighted by Crippen LogP contribution is 2.28. The maximum atomic E-state index is 13.2. The molecule has 4 rings (SSSR count). The minimum Gasteiger partial charge on any atom is -0.382 e. The molecule has 0 radical (unpaired) electrons. The van der Waals surface area contributed by atoms with E-state index in [4.69, 9.17) is 11.6 Å². The van der Waals surface area contributed by atoms with Crippen LogP contribution in [0.4, 0.5) is 13.2 Å². The van der Waals surface area contributed by atoms with Crippen LogP contribution in [-0.4, -0.2) is 36.9 Å². The molecule has 0 fully saturated rings. The Morgan fingerprint density at radius 3 is 2.45 bits per heavy atom. The summed E-state index contributed by atoms with van der Waals surface area (Å²) in [4.78, 5) is 26.0. The Kier molecular flexibility index (Phi) is 5.47. The summed E-state index contributed by atoms with van der Waals surface area (Å²) in [7, 11) is 0. The quantitative estimate of drug-likeness (QED) is 0.510. The number of benzene rings is 1. The van der Waals surface area contributed by atoms with Crippen LogP contribution in [-0.2, 0) is 6.54 Å². The smallest absolute Gasteiger partial charge is 0.382 e. The fourth-order valence-electron chi connectivity index (χ4n) is 3.13. The molecule has 4 aromatic rings. The molecule has 1 unspecified atom stereocenters. The second kappa shape index (κ2) is 8.09. The van der Waals surface area contributed by atoms with Gasteiger partial charge in [-0.2, -0.15) is 13.2 Å². The van der Waals surface area contributed by atoms with Gasteiger partial charge in [0.2, 0.25) is 0 Å². The van der Waals surface area contributed by atoms with Gasteiger partial charge in [0.05, 0.1) is 17.6 Å². The first-order chi connectivity index (χ1) is 14.8. The fourth-order valence-corrected chi connectivity index (χ4v) is 3.25. The van der Waals surface area contributed by atoms with Crippen molar-refractivity contribution in [2.45, 2.75) is 18.8 Å². The fraction of sp³-hybridized carbons (Fsp3) is 0.143. The van der Waals surface area contributed by atoms with Crippen molar-refractivity contribution >= 4 is 22.5 Å². The van der Waals surface area contributed by atoms with Gasteiger partial charge in [-0.1, -0.05) is 11.6 Å². The summed E-state index contributed by atoms with van der Waals surface area (Å²) in [5.41, 5.74) is 0.796. The topological polar surface area (TPSA) is 80.9 Å². The molecule has 0 saturated heterocycles. The van der Waals surface area contributed by atoms with Crippen molar-refractivity contribution in [3.63, 3.8) is 0 Å². The van der Waals surface area contributed by atoms with E-state index in [0.717, 1.165) is 4.57 Å². The maximum absolute atomic E-state index is 13.2. The zero-order valence-corrected chi connectivity index (χ0v) is 16.5. The summed E-state index contributed by atoms with van der Waals surface area (Å²) in [5.74, 6) is -0.0457. The Labute approximate surface area is 178 Å². The molecule has 0 aliphatic carbocycles. The Morgan fingerprint density at radius 1 is 1.06 bits per heavy atom. The predicted octanol–water partition coefficient (Wildman–Crippen LogP) is 4.10. The molecule has 0 aliphatic rings. The molecule has 0 bridgehead atoms. The molecule has 6 nitrogen and oxygen atoms in total. The Morgan fingerprint density at radius 2 is 1.81 bits per heavy atom. The number of fused-ring (bicyclic) bond motifs is 1. The lowest BCUT2D eigenvalue weighted by Gasteiger charge is -2.19. The van der Waals surface area contributed by atoms with Crippen molar-refractivity contribution in [3.05, 3.63) is 76.4 Å². The van der Waals surface area contributed by atoms with Crippen LogP contribution in [0.5, 0.6) is 0 Å². The van der Waals surface area contributed by atoms with Crippen molar-refractivity contribution < 1.29 is 18.3 Å². The molecule has 0 aliphatic heterocycles. The van der Waals surface area contributed by atoms with Gasteiger partial charge < -0.3 is 5.11 Å². The minimum absolute atomic E-state index is 0.0457. The van der Waals surface area contributed by atoms with Gasteiger partial charge in [0.15, 0.2) is 6.10 Å². The number of hydrogen-bond donors (Lipinski definition) is 1. The molecule has 31 heavy (non-hydrogen) atoms. The Hall–Kier alpha value is -3.30. The van der Waals surface area contributed by atoms with Crippen molar-refractivity contribution in [1.82, 2.24) is 19.5 Å². The van der Waals surface area contributed by atoms with Crippen LogP contribution < -0.4 is 5.56 Å². The highest BCUT2D eigenvalue weighted by atomic mass is 35.5. The largest absolute Gasteiger partial charge is 0.416 e. The number of halogens is 4. The van der Waals surface area contributed by atoms with Gasteiger partial charge in [-0.25, -0.2) is 4.98 Å². The van der Waals surface area contributed by atoms with E-state index in [1.54, 1.807) is 24.5 Å². The molecule has 3 heterocycles. The summed E-state index contributed by atoms with van der Waals surface area (Å²) in [6.07, 6.45) is -3.14. The lowest BCUT2D eigenvalue weighted by Crippen LogP contribution is -2.37. The van der Waals surface area contributed by atoms with E-state index in [9.17, 15) is 23.1 Å². The molecule has 1 N–H and O–H groups in total. The van der Waals surface area contributed by atoms with Crippen molar-refractivity contribution in [2.24, 2.45) is 0 Å². The zero-order chi connectivity index (χ0) is 22.2. The van der Waals surface area contributed by atoms with Crippen LogP contribution in [0.15, 0.2) is 65.8 Å². The SMILES string of the molecule is O=c1c2ccnc(-c3cccnc3)c2nc(-c2ccc(Cl)cc2)n1CC(O)C(F)(F)F. The van der Waals surface area contributed by atoms with Crippen LogP contribution in [0.2, 0.25) is 5.02 Å². The van der Waals surface area contributed by atoms with Crippen LogP contribution in [0.1, 0.15) is 0 Å². The van der Waals surface area contributed by atoms with E-state index in [2.05, 4.69) is 15.0 Å². The molecular formula is C21H14ClF3N4O2. The van der Waals surface area contributed by atoms with E-state index in [1.165, 1.54) is 36.5 Å². The summed E-state index contributed by atoms with van der Waals surface area (Å²) in [5, 5.41) is 10.1. The molecule has 1 aromatic carbocycles. The second-order valence-corrected chi connectivity index (χ2v) is 7.15. The van der Waals surface area contributed by atoms with E-state index in [-0.39, 0.29) is 16.7 Å². The minimum atomic E-state index is -4.90. The highest BCUT2D eigenvalue weighted by Gasteiger charge is 2.39. The first-order valence-electron chi connectivity index (χ1n) is 9.06. The van der Waals surface area contributed by atoms with Gasteiger partial charge in [-0.3, -0.25) is 19.3 Å². The highest BCUT2D eigenvalue weighted by molar-refractivity contribution is 6.30. The second-order valence-electron chi connectivity index (χ2n) is 6.71. The van der Waals surface area contributed by atoms with Gasteiger partial charge >= 0.3 is 6.18 Å². The average Bonchev–Trinajstić information content (AvgIpc) is 2.75. The van der Waals surface area contributed by atoms with Gasteiger partial charge in [0, 0.05) is 34.7 Å². The number of aliphatic hydroxyl groups excluding tert-OH is 1. The average molecular weight is 447 g/mol. The van der Waals surface area contributed by atoms with E-state index < -0.39 is 24.4 Å². The molecular weight excluding hydrogens is 433 g/mol. The van der Waals surface area contributed by atoms with Crippen molar-refractivity contribution in [2.75, 3.05) is 0 Å². The van der Waals surface area contributed by atoms with Crippen LogP contribution in [0.3, 0.4) is 0 Å². The number of aliphatic hydroxyl groups is 1. The maximum Gasteiger partial charge on any atom is 0.416 e. The summed E-state index contributed by atoms with van der Waals surface area (Å²) < 4.78 is 39.9. The predicted molar refractivity (Wildman–Crippen MR) is 110 cm³/mol. The molecule has 0 spiro atoms. The zero-order valence-electron chi connectivity index (χ0n) is 15.7. The van der Waals surface area contributed by atoms with Crippen molar-refractivity contribution in [3.8, 4) is 22.6 Å². The number of alkyl halides is 3. The summed E-state index contributed by atoms with van der Waals surface area (Å²) >= 11 is 5.92. The monoisotopic (exact) mass is 446 g/mol. The van der Waals surface area contributed by atoms with Crippen LogP contribution in [0.25, 0.3) is 33.5 Å². The first kappa shape index (κ1) is 21.0. The van der Waals surface area contributed by atoms with Crippen molar-refractivity contribution in [1.29, 1.82) is 0 Å². The lowest BCUT2D eigenvalue weighted by atomic mass is 10.1. The van der Waals surface area contributed by atoms with E-state index >= 15 is 0 Å². The first-order valence-corrected chi connectivity index (χ1v) is 9.44. The molecule has 0 saturated carbocycles.